The lowest BCUT2D eigenvalue weighted by molar-refractivity contribution is -0.142. The molecule has 0 aromatic heterocycles. The number of benzene rings is 2. The molecule has 2 aromatic rings. The highest BCUT2D eigenvalue weighted by molar-refractivity contribution is 6.21. The molecule has 0 aliphatic carbocycles. The first-order valence-corrected chi connectivity index (χ1v) is 9.05. The Balaban J connectivity index is 1.74. The van der Waals surface area contributed by atoms with Gasteiger partial charge in [0.15, 0.2) is 0 Å². The van der Waals surface area contributed by atoms with Crippen LogP contribution in [0.5, 0.6) is 0 Å². The molecule has 2 amide bonds. The van der Waals surface area contributed by atoms with Gasteiger partial charge in [-0.25, -0.2) is 0 Å². The molecule has 0 radical (unpaired) electrons. The van der Waals surface area contributed by atoms with E-state index in [2.05, 4.69) is 0 Å². The summed E-state index contributed by atoms with van der Waals surface area (Å²) in [7, 11) is 0. The van der Waals surface area contributed by atoms with Crippen molar-refractivity contribution in [2.24, 2.45) is 0 Å². The lowest BCUT2D eigenvalue weighted by Gasteiger charge is -2.34. The smallest absolute Gasteiger partial charge is 0.310 e. The van der Waals surface area contributed by atoms with E-state index in [0.717, 1.165) is 11.1 Å². The molecule has 0 fully saturated rings. The number of fused-ring (bicyclic) bond motifs is 1. The maximum atomic E-state index is 12.7. The van der Waals surface area contributed by atoms with Crippen LogP contribution >= 0.6 is 0 Å². The van der Waals surface area contributed by atoms with E-state index in [-0.39, 0.29) is 24.2 Å². The number of nitrogens with zero attached hydrogens (tertiary/aromatic N) is 1. The molecule has 0 N–H and O–H groups in total. The van der Waals surface area contributed by atoms with Crippen LogP contribution in [0.15, 0.2) is 48.5 Å². The lowest BCUT2D eigenvalue weighted by Crippen LogP contribution is -2.49. The lowest BCUT2D eigenvalue weighted by atomic mass is 9.92. The minimum Gasteiger partial charge on any atom is -0.466 e. The summed E-state index contributed by atoms with van der Waals surface area (Å²) < 4.78 is 4.96. The zero-order valence-electron chi connectivity index (χ0n) is 15.8. The number of hydrogen-bond acceptors (Lipinski definition) is 4. The number of ether oxygens (including phenoxy) is 1. The van der Waals surface area contributed by atoms with Crippen molar-refractivity contribution in [3.05, 3.63) is 70.8 Å². The van der Waals surface area contributed by atoms with Gasteiger partial charge in [0.25, 0.3) is 11.8 Å². The average Bonchev–Trinajstić information content (AvgIpc) is 2.88. The molecule has 1 aliphatic rings. The molecule has 0 bridgehead atoms. The molecule has 0 saturated carbocycles. The van der Waals surface area contributed by atoms with Gasteiger partial charge in [-0.15, -0.1) is 0 Å². The Morgan fingerprint density at radius 3 is 1.96 bits per heavy atom. The predicted octanol–water partition coefficient (Wildman–Crippen LogP) is 3.41. The van der Waals surface area contributed by atoms with Gasteiger partial charge in [0.1, 0.15) is 0 Å². The molecule has 2 aromatic carbocycles. The van der Waals surface area contributed by atoms with E-state index in [4.69, 9.17) is 4.74 Å². The van der Waals surface area contributed by atoms with Gasteiger partial charge in [-0.05, 0) is 50.5 Å². The van der Waals surface area contributed by atoms with Crippen LogP contribution < -0.4 is 0 Å². The zero-order valence-corrected chi connectivity index (χ0v) is 15.8. The summed E-state index contributed by atoms with van der Waals surface area (Å²) in [5.41, 5.74) is 2.11. The minimum absolute atomic E-state index is 0.232. The van der Waals surface area contributed by atoms with Crippen LogP contribution in [0.2, 0.25) is 0 Å². The van der Waals surface area contributed by atoms with Crippen molar-refractivity contribution in [2.75, 3.05) is 6.61 Å². The normalized spacial score (nSPS) is 13.7. The number of amides is 2. The van der Waals surface area contributed by atoms with Crippen LogP contribution in [-0.2, 0) is 22.4 Å². The van der Waals surface area contributed by atoms with E-state index < -0.39 is 5.54 Å². The molecule has 5 nitrogen and oxygen atoms in total. The number of carbonyl (C=O) groups is 3. The highest BCUT2D eigenvalue weighted by Crippen LogP contribution is 2.31. The van der Waals surface area contributed by atoms with Gasteiger partial charge >= 0.3 is 5.97 Å². The summed E-state index contributed by atoms with van der Waals surface area (Å²) in [6.07, 6.45) is 0.758. The predicted molar refractivity (Wildman–Crippen MR) is 102 cm³/mol. The van der Waals surface area contributed by atoms with Gasteiger partial charge in [0.2, 0.25) is 0 Å². The second-order valence-corrected chi connectivity index (χ2v) is 7.28. The van der Waals surface area contributed by atoms with Gasteiger partial charge in [-0.2, -0.15) is 0 Å². The largest absolute Gasteiger partial charge is 0.466 e. The van der Waals surface area contributed by atoms with Crippen molar-refractivity contribution >= 4 is 17.8 Å². The topological polar surface area (TPSA) is 63.7 Å². The highest BCUT2D eigenvalue weighted by atomic mass is 16.5. The van der Waals surface area contributed by atoms with Crippen LogP contribution in [-0.4, -0.2) is 34.8 Å². The zero-order chi connectivity index (χ0) is 19.6. The van der Waals surface area contributed by atoms with Crippen LogP contribution in [0.4, 0.5) is 0 Å². The second kappa shape index (κ2) is 7.35. The Morgan fingerprint density at radius 1 is 0.926 bits per heavy atom. The molecule has 27 heavy (non-hydrogen) atoms. The van der Waals surface area contributed by atoms with Crippen molar-refractivity contribution in [1.29, 1.82) is 0 Å². The van der Waals surface area contributed by atoms with Crippen LogP contribution in [0.3, 0.4) is 0 Å². The maximum Gasteiger partial charge on any atom is 0.310 e. The third-order valence-corrected chi connectivity index (χ3v) is 4.71. The molecular weight excluding hydrogens is 342 g/mol. The molecule has 3 rings (SSSR count). The molecule has 0 atom stereocenters. The minimum atomic E-state index is -0.671. The van der Waals surface area contributed by atoms with E-state index in [1.54, 1.807) is 31.2 Å². The van der Waals surface area contributed by atoms with E-state index in [1.165, 1.54) is 4.90 Å². The Kier molecular flexibility index (Phi) is 5.13. The van der Waals surface area contributed by atoms with Gasteiger partial charge < -0.3 is 4.74 Å². The second-order valence-electron chi connectivity index (χ2n) is 7.28. The molecule has 1 aliphatic heterocycles. The average molecular weight is 365 g/mol. The SMILES string of the molecule is CCOC(=O)Cc1ccc(CC(C)(C)N2C(=O)c3ccccc3C2=O)cc1. The molecule has 0 saturated heterocycles. The molecular formula is C22H23NO4. The van der Waals surface area contributed by atoms with Crippen molar-refractivity contribution in [2.45, 2.75) is 39.2 Å². The first-order valence-electron chi connectivity index (χ1n) is 9.05. The first kappa shape index (κ1) is 18.8. The van der Waals surface area contributed by atoms with Crippen LogP contribution in [0.1, 0.15) is 52.6 Å². The summed E-state index contributed by atoms with van der Waals surface area (Å²) in [5, 5.41) is 0. The third-order valence-electron chi connectivity index (χ3n) is 4.71. The van der Waals surface area contributed by atoms with E-state index >= 15 is 0 Å². The molecule has 0 unspecified atom stereocenters. The van der Waals surface area contributed by atoms with E-state index in [1.807, 2.05) is 38.1 Å². The number of imide groups is 1. The van der Waals surface area contributed by atoms with Gasteiger partial charge in [-0.1, -0.05) is 36.4 Å². The first-order chi connectivity index (χ1) is 12.8. The maximum absolute atomic E-state index is 12.7. The Morgan fingerprint density at radius 2 is 1.44 bits per heavy atom. The van der Waals surface area contributed by atoms with Crippen LogP contribution in [0.25, 0.3) is 0 Å². The van der Waals surface area contributed by atoms with Crippen molar-refractivity contribution in [1.82, 2.24) is 4.90 Å². The number of rotatable bonds is 6. The molecule has 0 spiro atoms. The fourth-order valence-corrected chi connectivity index (χ4v) is 3.47. The fourth-order valence-electron chi connectivity index (χ4n) is 3.47. The van der Waals surface area contributed by atoms with Crippen molar-refractivity contribution in [3.63, 3.8) is 0 Å². The fraction of sp³-hybridized carbons (Fsp3) is 0.318. The molecule has 140 valence electrons. The quantitative estimate of drug-likeness (QED) is 0.581. The number of esters is 1. The summed E-state index contributed by atoms with van der Waals surface area (Å²) in [6.45, 7) is 5.93. The van der Waals surface area contributed by atoms with Gasteiger partial charge in [0, 0.05) is 5.54 Å². The Bertz CT molecular complexity index is 848. The van der Waals surface area contributed by atoms with Gasteiger partial charge in [-0.3, -0.25) is 19.3 Å². The summed E-state index contributed by atoms with van der Waals surface area (Å²) in [6, 6.07) is 14.5. The van der Waals surface area contributed by atoms with Crippen molar-refractivity contribution in [3.8, 4) is 0 Å². The highest BCUT2D eigenvalue weighted by Gasteiger charge is 2.43. The van der Waals surface area contributed by atoms with Gasteiger partial charge in [0.05, 0.1) is 24.2 Å². The standard InChI is InChI=1S/C22H23NO4/c1-4-27-19(24)13-15-9-11-16(12-10-15)14-22(2,3)23-20(25)17-7-5-6-8-18(17)21(23)26/h5-12H,4,13-14H2,1-3H3. The summed E-state index contributed by atoms with van der Waals surface area (Å²) in [5.74, 6) is -0.754. The van der Waals surface area contributed by atoms with E-state index in [9.17, 15) is 14.4 Å². The summed E-state index contributed by atoms with van der Waals surface area (Å²) >= 11 is 0. The Hall–Kier alpha value is -2.95. The number of carbonyl (C=O) groups excluding carboxylic acids is 3. The number of hydrogen-bond donors (Lipinski definition) is 0. The monoisotopic (exact) mass is 365 g/mol. The molecule has 5 heteroatoms. The Labute approximate surface area is 158 Å². The van der Waals surface area contributed by atoms with E-state index in [0.29, 0.717) is 24.2 Å². The molecule has 1 heterocycles. The van der Waals surface area contributed by atoms with Crippen LogP contribution in [0, 0.1) is 0 Å². The third kappa shape index (κ3) is 3.77. The van der Waals surface area contributed by atoms with Crippen molar-refractivity contribution < 1.29 is 19.1 Å². The summed E-state index contributed by atoms with van der Waals surface area (Å²) in [4.78, 5) is 38.4.